The average molecular weight is 216 g/mol. The van der Waals surface area contributed by atoms with Crippen LogP contribution in [0.4, 0.5) is 8.78 Å². The molecule has 3 nitrogen and oxygen atoms in total. The van der Waals surface area contributed by atoms with Crippen molar-refractivity contribution in [1.29, 1.82) is 0 Å². The second-order valence-corrected chi connectivity index (χ2v) is 2.72. The first-order chi connectivity index (χ1) is 7.13. The Morgan fingerprint density at radius 2 is 1.93 bits per heavy atom. The number of esters is 1. The Labute approximate surface area is 85.6 Å². The van der Waals surface area contributed by atoms with Gasteiger partial charge in [0.1, 0.15) is 5.75 Å². The van der Waals surface area contributed by atoms with Crippen LogP contribution >= 0.6 is 0 Å². The maximum atomic E-state index is 11.7. The van der Waals surface area contributed by atoms with Gasteiger partial charge in [-0.05, 0) is 24.3 Å². The van der Waals surface area contributed by atoms with Crippen LogP contribution in [0.5, 0.6) is 5.75 Å². The lowest BCUT2D eigenvalue weighted by Gasteiger charge is -2.04. The van der Waals surface area contributed by atoms with Gasteiger partial charge in [-0.3, -0.25) is 0 Å². The summed E-state index contributed by atoms with van der Waals surface area (Å²) in [5, 5.41) is 0. The first kappa shape index (κ1) is 11.4. The van der Waals surface area contributed by atoms with Gasteiger partial charge in [-0.1, -0.05) is 0 Å². The van der Waals surface area contributed by atoms with Crippen molar-refractivity contribution in [3.8, 4) is 5.75 Å². The minimum Gasteiger partial charge on any atom is -0.497 e. The van der Waals surface area contributed by atoms with Crippen LogP contribution in [-0.2, 0) is 4.74 Å². The van der Waals surface area contributed by atoms with Crippen LogP contribution in [0.15, 0.2) is 24.3 Å². The quantitative estimate of drug-likeness (QED) is 0.723. The molecule has 1 aromatic carbocycles. The van der Waals surface area contributed by atoms with Gasteiger partial charge in [-0.25, -0.2) is 13.6 Å². The predicted octanol–water partition coefficient (Wildman–Crippen LogP) is 2.12. The summed E-state index contributed by atoms with van der Waals surface area (Å²) in [4.78, 5) is 11.2. The molecule has 5 heteroatoms. The van der Waals surface area contributed by atoms with E-state index in [9.17, 15) is 13.6 Å². The molecule has 0 amide bonds. The molecule has 0 atom stereocenters. The highest BCUT2D eigenvalue weighted by Gasteiger charge is 2.10. The smallest absolute Gasteiger partial charge is 0.338 e. The summed E-state index contributed by atoms with van der Waals surface area (Å²) in [6, 6.07) is 6.01. The van der Waals surface area contributed by atoms with Crippen molar-refractivity contribution < 1.29 is 23.0 Å². The zero-order chi connectivity index (χ0) is 11.3. The molecule has 0 aliphatic heterocycles. The topological polar surface area (TPSA) is 35.5 Å². The number of alkyl halides is 2. The van der Waals surface area contributed by atoms with Gasteiger partial charge in [0.25, 0.3) is 6.43 Å². The summed E-state index contributed by atoms with van der Waals surface area (Å²) < 4.78 is 32.7. The first-order valence-corrected chi connectivity index (χ1v) is 4.23. The SMILES string of the molecule is COc1ccc(C(=O)OCC(F)F)cc1. The standard InChI is InChI=1S/C10H10F2O3/c1-14-8-4-2-7(3-5-8)10(13)15-6-9(11)12/h2-5,9H,6H2,1H3. The van der Waals surface area contributed by atoms with Gasteiger partial charge in [-0.15, -0.1) is 0 Å². The number of hydrogen-bond acceptors (Lipinski definition) is 3. The first-order valence-electron chi connectivity index (χ1n) is 4.23. The second kappa shape index (κ2) is 5.29. The molecule has 15 heavy (non-hydrogen) atoms. The van der Waals surface area contributed by atoms with Gasteiger partial charge in [0.15, 0.2) is 6.61 Å². The molecular formula is C10H10F2O3. The van der Waals surface area contributed by atoms with Crippen LogP contribution in [0.3, 0.4) is 0 Å². The van der Waals surface area contributed by atoms with E-state index in [0.29, 0.717) is 5.75 Å². The number of hydrogen-bond donors (Lipinski definition) is 0. The number of halogens is 2. The molecule has 0 aliphatic rings. The fraction of sp³-hybridized carbons (Fsp3) is 0.300. The molecule has 0 unspecified atom stereocenters. The van der Waals surface area contributed by atoms with Crippen molar-refractivity contribution in [2.45, 2.75) is 6.43 Å². The summed E-state index contributed by atoms with van der Waals surface area (Å²) in [7, 11) is 1.49. The van der Waals surface area contributed by atoms with E-state index in [1.165, 1.54) is 19.2 Å². The van der Waals surface area contributed by atoms with Gasteiger partial charge < -0.3 is 9.47 Å². The summed E-state index contributed by atoms with van der Waals surface area (Å²) in [6.45, 7) is -0.884. The maximum absolute atomic E-state index is 11.7. The number of methoxy groups -OCH3 is 1. The molecular weight excluding hydrogens is 206 g/mol. The molecule has 0 aliphatic carbocycles. The van der Waals surface area contributed by atoms with Crippen LogP contribution in [0, 0.1) is 0 Å². The van der Waals surface area contributed by atoms with E-state index in [0.717, 1.165) is 0 Å². The molecule has 0 N–H and O–H groups in total. The van der Waals surface area contributed by atoms with Crippen molar-refractivity contribution in [3.63, 3.8) is 0 Å². The summed E-state index contributed by atoms with van der Waals surface area (Å²) in [6.07, 6.45) is -2.65. The minimum absolute atomic E-state index is 0.219. The molecule has 0 fully saturated rings. The number of carbonyl (C=O) groups is 1. The highest BCUT2D eigenvalue weighted by molar-refractivity contribution is 5.89. The van der Waals surface area contributed by atoms with Crippen molar-refractivity contribution >= 4 is 5.97 Å². The maximum Gasteiger partial charge on any atom is 0.338 e. The van der Waals surface area contributed by atoms with E-state index in [2.05, 4.69) is 4.74 Å². The third-order valence-corrected chi connectivity index (χ3v) is 1.67. The van der Waals surface area contributed by atoms with Crippen molar-refractivity contribution in [2.24, 2.45) is 0 Å². The fourth-order valence-corrected chi connectivity index (χ4v) is 0.949. The highest BCUT2D eigenvalue weighted by Crippen LogP contribution is 2.12. The normalized spacial score (nSPS) is 10.1. The van der Waals surface area contributed by atoms with Crippen LogP contribution in [0.1, 0.15) is 10.4 Å². The Balaban J connectivity index is 2.58. The van der Waals surface area contributed by atoms with Crippen molar-refractivity contribution in [1.82, 2.24) is 0 Å². The molecule has 0 spiro atoms. The molecule has 82 valence electrons. The molecule has 0 radical (unpaired) electrons. The van der Waals surface area contributed by atoms with E-state index >= 15 is 0 Å². The lowest BCUT2D eigenvalue weighted by molar-refractivity contribution is 0.0160. The van der Waals surface area contributed by atoms with Gasteiger partial charge in [0, 0.05) is 0 Å². The van der Waals surface area contributed by atoms with E-state index in [1.807, 2.05) is 0 Å². The Bertz CT molecular complexity index is 322. The van der Waals surface area contributed by atoms with E-state index in [-0.39, 0.29) is 5.56 Å². The Morgan fingerprint density at radius 3 is 2.40 bits per heavy atom. The number of benzene rings is 1. The highest BCUT2D eigenvalue weighted by atomic mass is 19.3. The minimum atomic E-state index is -2.65. The van der Waals surface area contributed by atoms with Crippen LogP contribution in [0.2, 0.25) is 0 Å². The van der Waals surface area contributed by atoms with Crippen LogP contribution in [0.25, 0.3) is 0 Å². The van der Waals surface area contributed by atoms with Crippen molar-refractivity contribution in [3.05, 3.63) is 29.8 Å². The summed E-state index contributed by atoms with van der Waals surface area (Å²) >= 11 is 0. The van der Waals surface area contributed by atoms with Gasteiger partial charge in [-0.2, -0.15) is 0 Å². The predicted molar refractivity (Wildman–Crippen MR) is 49.3 cm³/mol. The molecule has 0 saturated carbocycles. The molecule has 0 heterocycles. The van der Waals surface area contributed by atoms with Gasteiger partial charge in [0.2, 0.25) is 0 Å². The van der Waals surface area contributed by atoms with Gasteiger partial charge in [0.05, 0.1) is 12.7 Å². The average Bonchev–Trinajstić information content (AvgIpc) is 2.26. The van der Waals surface area contributed by atoms with Crippen LogP contribution < -0.4 is 4.74 Å². The molecule has 0 saturated heterocycles. The molecule has 0 bridgehead atoms. The summed E-state index contributed by atoms with van der Waals surface area (Å²) in [5.41, 5.74) is 0.219. The molecule has 0 aromatic heterocycles. The Hall–Kier alpha value is -1.65. The number of carbonyl (C=O) groups excluding carboxylic acids is 1. The number of ether oxygens (including phenoxy) is 2. The lowest BCUT2D eigenvalue weighted by Crippen LogP contribution is -2.11. The van der Waals surface area contributed by atoms with E-state index in [1.54, 1.807) is 12.1 Å². The monoisotopic (exact) mass is 216 g/mol. The lowest BCUT2D eigenvalue weighted by atomic mass is 10.2. The van der Waals surface area contributed by atoms with Gasteiger partial charge >= 0.3 is 5.97 Å². The number of rotatable bonds is 4. The third kappa shape index (κ3) is 3.53. The second-order valence-electron chi connectivity index (χ2n) is 2.72. The fourth-order valence-electron chi connectivity index (χ4n) is 0.949. The third-order valence-electron chi connectivity index (χ3n) is 1.67. The Morgan fingerprint density at radius 1 is 1.33 bits per heavy atom. The molecule has 1 rings (SSSR count). The van der Waals surface area contributed by atoms with E-state index < -0.39 is 19.0 Å². The van der Waals surface area contributed by atoms with Crippen LogP contribution in [-0.4, -0.2) is 26.1 Å². The zero-order valence-electron chi connectivity index (χ0n) is 8.07. The largest absolute Gasteiger partial charge is 0.497 e. The zero-order valence-corrected chi connectivity index (χ0v) is 8.07. The summed E-state index contributed by atoms with van der Waals surface area (Å²) in [5.74, 6) is -0.182. The Kier molecular flexibility index (Phi) is 4.03. The molecule has 1 aromatic rings. The van der Waals surface area contributed by atoms with Crippen molar-refractivity contribution in [2.75, 3.05) is 13.7 Å². The van der Waals surface area contributed by atoms with E-state index in [4.69, 9.17) is 4.74 Å².